The van der Waals surface area contributed by atoms with E-state index in [1.807, 2.05) is 0 Å². The third-order valence-corrected chi connectivity index (χ3v) is 7.98. The van der Waals surface area contributed by atoms with Crippen molar-refractivity contribution in [1.29, 1.82) is 10.5 Å². The first-order valence-electron chi connectivity index (χ1n) is 19.4. The number of para-hydroxylation sites is 6. The molecule has 0 aliphatic rings. The van der Waals surface area contributed by atoms with Crippen LogP contribution in [0.5, 0.6) is 34.5 Å². The van der Waals surface area contributed by atoms with Crippen LogP contribution >= 0.6 is 0 Å². The van der Waals surface area contributed by atoms with E-state index in [9.17, 15) is 88.2 Å². The molecule has 0 radical (unpaired) electrons. The second-order valence-corrected chi connectivity index (χ2v) is 12.5. The largest absolute Gasteiger partial charge is 3.00 e. The van der Waals surface area contributed by atoms with Crippen LogP contribution in [0.1, 0.15) is 138 Å². The van der Waals surface area contributed by atoms with Crippen LogP contribution in [0.3, 0.4) is 0 Å². The van der Waals surface area contributed by atoms with Crippen molar-refractivity contribution in [3.63, 3.8) is 0 Å². The van der Waals surface area contributed by atoms with Crippen molar-refractivity contribution in [2.75, 3.05) is 0 Å². The average molecular weight is 1280 g/mol. The molecule has 0 saturated heterocycles. The number of carbonyl (C=O) groups excluding carboxylic acids is 12. The predicted octanol–water partition coefficient (Wildman–Crippen LogP) is 3.37. The van der Waals surface area contributed by atoms with Crippen LogP contribution < -0.4 is 30.6 Å². The summed E-state index contributed by atoms with van der Waals surface area (Å²) in [6.45, 7) is 2.86. The fraction of sp³-hybridized carbons (Fsp3) is 0.0385. The summed E-state index contributed by atoms with van der Waals surface area (Å²) < 4.78 is 0. The molecule has 0 aromatic heterocycles. The van der Waals surface area contributed by atoms with Crippen LogP contribution in [0.25, 0.3) is 0 Å². The third kappa shape index (κ3) is 25.6. The van der Waals surface area contributed by atoms with Crippen molar-refractivity contribution in [3.05, 3.63) is 176 Å². The maximum Gasteiger partial charge on any atom is 3.00 e. The smallest absolute Gasteiger partial charge is 0.871 e. The Kier molecular flexibility index (Phi) is 43.4. The molecule has 6 rings (SSSR count). The van der Waals surface area contributed by atoms with E-state index in [0.29, 0.717) is 75.4 Å². The van der Waals surface area contributed by atoms with Crippen molar-refractivity contribution >= 4 is 75.4 Å². The molecule has 0 unspecified atom stereocenters. The van der Waals surface area contributed by atoms with E-state index in [0.717, 1.165) is 0 Å². The van der Waals surface area contributed by atoms with Gasteiger partial charge in [0.1, 0.15) is 75.4 Å². The van der Waals surface area contributed by atoms with Gasteiger partial charge < -0.3 is 30.6 Å². The summed E-state index contributed by atoms with van der Waals surface area (Å²) >= 11 is 0. The summed E-state index contributed by atoms with van der Waals surface area (Å²) in [5, 5.41) is 80.5. The van der Waals surface area contributed by atoms with Gasteiger partial charge in [-0.1, -0.05) is 144 Å². The standard InChI is InChI=1S/6C8H6O3.2C2H3N.2Eu/c6*9-4-6-2-1-3-7(5-10)8(6)11;2*1-2-3;;/h6*1-5,11H;2*1H3;;/q;;;;;;;;2*+3/p-6. The minimum absolute atomic E-state index is 0. The third-order valence-electron chi connectivity index (χ3n) is 7.98. The van der Waals surface area contributed by atoms with E-state index in [-0.39, 0.29) is 166 Å². The van der Waals surface area contributed by atoms with Gasteiger partial charge in [-0.05, 0) is 0 Å². The molecule has 6 aromatic carbocycles. The zero-order chi connectivity index (χ0) is 55.0. The number of aldehydes is 12. The maximum absolute atomic E-state index is 11.0. The van der Waals surface area contributed by atoms with Crippen molar-refractivity contribution < 1.29 is 187 Å². The van der Waals surface area contributed by atoms with Gasteiger partial charge in [-0.3, -0.25) is 57.5 Å². The topological polar surface area (TPSA) is 391 Å². The van der Waals surface area contributed by atoms with Gasteiger partial charge in [0.25, 0.3) is 0 Å². The Labute approximate surface area is 503 Å². The first kappa shape index (κ1) is 72.8. The summed E-state index contributed by atoms with van der Waals surface area (Å²) in [5.74, 6) is -3.01. The zero-order valence-electron chi connectivity index (χ0n) is 38.3. The SMILES string of the molecule is CC#N.CC#N.O=Cc1cccc(C=O)c1[O-].O=Cc1cccc(C=O)c1[O-].O=Cc1cccc(C=O)c1[O-].O=Cc1cccc(C=O)c1[O-].O=Cc1cccc(C=O)c1[O-].O=Cc1cccc(C=O)c1[O-].[Eu+3].[Eu+3]. The molecular weight excluding hydrogens is 1240 g/mol. The first-order chi connectivity index (χ1) is 34.6. The van der Waals surface area contributed by atoms with Crippen LogP contribution in [-0.4, -0.2) is 75.4 Å². The molecule has 376 valence electrons. The monoisotopic (exact) mass is 1280 g/mol. The molecule has 0 aliphatic carbocycles. The van der Waals surface area contributed by atoms with E-state index in [1.54, 1.807) is 12.1 Å². The van der Waals surface area contributed by atoms with Gasteiger partial charge in [0.05, 0.1) is 12.1 Å². The Morgan fingerprint density at radius 3 is 0.378 bits per heavy atom. The normalized spacial score (nSPS) is 8.32. The summed E-state index contributed by atoms with van der Waals surface area (Å²) in [5.41, 5.74) is 0.273. The summed E-state index contributed by atoms with van der Waals surface area (Å²) in [6.07, 6.45) is 5.28. The Hall–Kier alpha value is -7.69. The fourth-order valence-corrected chi connectivity index (χ4v) is 4.55. The molecule has 0 spiro atoms. The number of benzene rings is 6. The molecule has 0 N–H and O–H groups in total. The maximum atomic E-state index is 11.0. The Morgan fingerprint density at radius 2 is 0.324 bits per heavy atom. The van der Waals surface area contributed by atoms with Crippen LogP contribution in [0, 0.1) is 121 Å². The van der Waals surface area contributed by atoms with Crippen molar-refractivity contribution in [1.82, 2.24) is 0 Å². The number of nitriles is 2. The number of hydrogen-bond acceptors (Lipinski definition) is 20. The van der Waals surface area contributed by atoms with Crippen LogP contribution in [0.2, 0.25) is 0 Å². The van der Waals surface area contributed by atoms with E-state index in [2.05, 4.69) is 0 Å². The number of rotatable bonds is 12. The Bertz CT molecular complexity index is 2280. The van der Waals surface area contributed by atoms with Gasteiger partial charge >= 0.3 is 98.8 Å². The van der Waals surface area contributed by atoms with Crippen molar-refractivity contribution in [3.8, 4) is 46.6 Å². The second-order valence-electron chi connectivity index (χ2n) is 12.5. The fourth-order valence-electron chi connectivity index (χ4n) is 4.55. The van der Waals surface area contributed by atoms with Gasteiger partial charge in [0.2, 0.25) is 0 Å². The Balaban J connectivity index is -0.000000386. The number of carbonyl (C=O) groups is 12. The minimum Gasteiger partial charge on any atom is -0.871 e. The molecule has 0 amide bonds. The van der Waals surface area contributed by atoms with E-state index in [4.69, 9.17) is 10.5 Å². The molecular formula is C52H36Eu2N2O18. The summed E-state index contributed by atoms with van der Waals surface area (Å²) in [6, 6.07) is 29.0. The second kappa shape index (κ2) is 44.0. The van der Waals surface area contributed by atoms with Crippen LogP contribution in [0.4, 0.5) is 0 Å². The van der Waals surface area contributed by atoms with Gasteiger partial charge in [-0.2, -0.15) is 10.5 Å². The van der Waals surface area contributed by atoms with Gasteiger partial charge in [-0.15, -0.1) is 0 Å². The summed E-state index contributed by atoms with van der Waals surface area (Å²) in [7, 11) is 0. The molecule has 0 atom stereocenters. The molecule has 0 bridgehead atoms. The Morgan fingerprint density at radius 1 is 0.257 bits per heavy atom. The number of nitrogens with zero attached hydrogens (tertiary/aromatic N) is 2. The first-order valence-corrected chi connectivity index (χ1v) is 19.4. The van der Waals surface area contributed by atoms with Gasteiger partial charge in [0, 0.05) is 80.6 Å². The van der Waals surface area contributed by atoms with Gasteiger partial charge in [0.15, 0.2) is 0 Å². The molecule has 6 aromatic rings. The van der Waals surface area contributed by atoms with Crippen molar-refractivity contribution in [2.45, 2.75) is 13.8 Å². The molecule has 0 fully saturated rings. The van der Waals surface area contributed by atoms with E-state index < -0.39 is 34.5 Å². The quantitative estimate of drug-likeness (QED) is 0.158. The number of hydrogen-bond donors (Lipinski definition) is 0. The molecule has 0 aliphatic heterocycles. The van der Waals surface area contributed by atoms with Gasteiger partial charge in [-0.25, -0.2) is 0 Å². The molecule has 74 heavy (non-hydrogen) atoms. The van der Waals surface area contributed by atoms with E-state index >= 15 is 0 Å². The van der Waals surface area contributed by atoms with Crippen LogP contribution in [0.15, 0.2) is 109 Å². The average Bonchev–Trinajstić information content (AvgIpc) is 3.40. The summed E-state index contributed by atoms with van der Waals surface area (Å²) in [4.78, 5) is 122. The van der Waals surface area contributed by atoms with Crippen molar-refractivity contribution in [2.24, 2.45) is 0 Å². The molecule has 0 saturated carbocycles. The molecule has 20 nitrogen and oxygen atoms in total. The zero-order valence-corrected chi connectivity index (χ0v) is 43.2. The molecule has 0 heterocycles. The predicted molar refractivity (Wildman–Crippen MR) is 243 cm³/mol. The van der Waals surface area contributed by atoms with E-state index in [1.165, 1.54) is 123 Å². The minimum atomic E-state index is -0.502. The molecule has 22 heteroatoms. The van der Waals surface area contributed by atoms with Crippen LogP contribution in [-0.2, 0) is 0 Å².